The molecule has 0 bridgehead atoms. The average molecular weight is 322 g/mol. The predicted molar refractivity (Wildman–Crippen MR) is 73.6 cm³/mol. The van der Waals surface area contributed by atoms with Crippen LogP contribution in [0.15, 0.2) is 17.5 Å². The molecule has 0 aromatic carbocycles. The molecule has 0 fully saturated rings. The maximum Gasteiger partial charge on any atom is 0.348 e. The Balaban J connectivity index is 2.24. The highest BCUT2D eigenvalue weighted by Gasteiger charge is 2.18. The van der Waals surface area contributed by atoms with Crippen LogP contribution < -0.4 is 5.32 Å². The summed E-state index contributed by atoms with van der Waals surface area (Å²) in [6, 6.07) is 2.96. The number of hydrogen-bond donors (Lipinski definition) is 2. The van der Waals surface area contributed by atoms with Crippen LogP contribution in [-0.4, -0.2) is 17.0 Å². The molecule has 4 nitrogen and oxygen atoms in total. The smallest absolute Gasteiger partial charge is 0.348 e. The van der Waals surface area contributed by atoms with Crippen LogP contribution in [0.1, 0.15) is 20.0 Å². The molecule has 0 atom stereocenters. The van der Waals surface area contributed by atoms with E-state index in [9.17, 15) is 9.59 Å². The van der Waals surface area contributed by atoms with Gasteiger partial charge >= 0.3 is 5.97 Å². The molecule has 0 radical (unpaired) electrons. The molecular weight excluding hydrogens is 317 g/mol. The first-order valence-electron chi connectivity index (χ1n) is 4.56. The highest BCUT2D eigenvalue weighted by atomic mass is 35.5. The lowest BCUT2D eigenvalue weighted by molar-refractivity contribution is 0.0703. The fourth-order valence-electron chi connectivity index (χ4n) is 1.26. The summed E-state index contributed by atoms with van der Waals surface area (Å²) in [6.07, 6.45) is 0. The van der Waals surface area contributed by atoms with Gasteiger partial charge in [0.2, 0.25) is 0 Å². The topological polar surface area (TPSA) is 66.4 Å². The van der Waals surface area contributed by atoms with Gasteiger partial charge in [-0.2, -0.15) is 0 Å². The van der Waals surface area contributed by atoms with Crippen LogP contribution >= 0.6 is 45.9 Å². The number of carbonyl (C=O) groups excluding carboxylic acids is 1. The van der Waals surface area contributed by atoms with E-state index in [1.807, 2.05) is 0 Å². The summed E-state index contributed by atoms with van der Waals surface area (Å²) >= 11 is 13.7. The molecular formula is C10H5Cl2NO3S2. The Labute approximate surface area is 120 Å². The number of anilines is 1. The molecule has 2 heterocycles. The van der Waals surface area contributed by atoms with Crippen LogP contribution in [0.3, 0.4) is 0 Å². The Hall–Kier alpha value is -1.08. The van der Waals surface area contributed by atoms with Gasteiger partial charge in [0.1, 0.15) is 9.21 Å². The van der Waals surface area contributed by atoms with Crippen molar-refractivity contribution in [2.24, 2.45) is 0 Å². The molecule has 2 aromatic rings. The Morgan fingerprint density at radius 1 is 1.33 bits per heavy atom. The first kappa shape index (κ1) is 13.4. The molecule has 0 spiro atoms. The second kappa shape index (κ2) is 5.27. The molecule has 0 saturated heterocycles. The summed E-state index contributed by atoms with van der Waals surface area (Å²) in [7, 11) is 0. The number of rotatable bonds is 3. The predicted octanol–water partition coefficient (Wildman–Crippen LogP) is 4.07. The van der Waals surface area contributed by atoms with Crippen LogP contribution in [0, 0.1) is 0 Å². The van der Waals surface area contributed by atoms with E-state index in [0.717, 1.165) is 22.7 Å². The zero-order valence-electron chi connectivity index (χ0n) is 8.57. The second-order valence-electron chi connectivity index (χ2n) is 3.16. The Bertz CT molecular complexity index is 620. The fraction of sp³-hybridized carbons (Fsp3) is 0. The van der Waals surface area contributed by atoms with Gasteiger partial charge in [-0.25, -0.2) is 4.79 Å². The molecule has 0 aliphatic carbocycles. The van der Waals surface area contributed by atoms with Crippen LogP contribution in [0.2, 0.25) is 8.67 Å². The minimum Gasteiger partial charge on any atom is -0.477 e. The molecule has 1 amide bonds. The molecule has 2 rings (SSSR count). The third-order valence-electron chi connectivity index (χ3n) is 2.01. The molecule has 0 aliphatic heterocycles. The quantitative estimate of drug-likeness (QED) is 0.895. The van der Waals surface area contributed by atoms with E-state index in [1.165, 1.54) is 12.1 Å². The third kappa shape index (κ3) is 2.67. The zero-order chi connectivity index (χ0) is 13.3. The Kier molecular flexibility index (Phi) is 3.91. The minimum atomic E-state index is -1.09. The van der Waals surface area contributed by atoms with Crippen LogP contribution in [-0.2, 0) is 0 Å². The Morgan fingerprint density at radius 3 is 2.61 bits per heavy atom. The lowest BCUT2D eigenvalue weighted by Crippen LogP contribution is -2.12. The van der Waals surface area contributed by atoms with Crippen molar-refractivity contribution >= 4 is 63.4 Å². The standard InChI is InChI=1S/C10H5Cl2NO3S2/c11-6-3-4(8(12)18-6)9(14)13-5-1-2-17-7(5)10(15)16/h1-3H,(H,13,14)(H,15,16). The van der Waals surface area contributed by atoms with E-state index < -0.39 is 11.9 Å². The number of hydrogen-bond acceptors (Lipinski definition) is 4. The largest absolute Gasteiger partial charge is 0.477 e. The van der Waals surface area contributed by atoms with Crippen molar-refractivity contribution in [3.05, 3.63) is 36.6 Å². The van der Waals surface area contributed by atoms with Gasteiger partial charge in [-0.3, -0.25) is 4.79 Å². The number of nitrogens with one attached hydrogen (secondary N) is 1. The van der Waals surface area contributed by atoms with Gasteiger partial charge in [0.25, 0.3) is 5.91 Å². The molecule has 2 aromatic heterocycles. The molecule has 18 heavy (non-hydrogen) atoms. The first-order valence-corrected chi connectivity index (χ1v) is 7.01. The van der Waals surface area contributed by atoms with Crippen LogP contribution in [0.25, 0.3) is 0 Å². The maximum absolute atomic E-state index is 11.9. The monoisotopic (exact) mass is 321 g/mol. The normalized spacial score (nSPS) is 10.3. The zero-order valence-corrected chi connectivity index (χ0v) is 11.7. The molecule has 0 aliphatic rings. The van der Waals surface area contributed by atoms with Crippen molar-refractivity contribution in [1.29, 1.82) is 0 Å². The SMILES string of the molecule is O=C(Nc1ccsc1C(=O)O)c1cc(Cl)sc1Cl. The van der Waals surface area contributed by atoms with E-state index in [-0.39, 0.29) is 20.5 Å². The van der Waals surface area contributed by atoms with E-state index in [4.69, 9.17) is 28.3 Å². The van der Waals surface area contributed by atoms with E-state index in [1.54, 1.807) is 5.38 Å². The van der Waals surface area contributed by atoms with Gasteiger partial charge in [-0.05, 0) is 17.5 Å². The number of carboxylic acid groups (broad SMARTS) is 1. The van der Waals surface area contributed by atoms with Crippen molar-refractivity contribution in [2.75, 3.05) is 5.32 Å². The maximum atomic E-state index is 11.9. The molecule has 8 heteroatoms. The number of halogens is 2. The van der Waals surface area contributed by atoms with E-state index in [0.29, 0.717) is 4.34 Å². The van der Waals surface area contributed by atoms with Gasteiger partial charge in [-0.1, -0.05) is 23.2 Å². The van der Waals surface area contributed by atoms with Gasteiger partial charge < -0.3 is 10.4 Å². The minimum absolute atomic E-state index is 0.0702. The van der Waals surface area contributed by atoms with Gasteiger partial charge in [0.15, 0.2) is 0 Å². The summed E-state index contributed by atoms with van der Waals surface area (Å²) in [5.41, 5.74) is 0.477. The number of carboxylic acids is 1. The van der Waals surface area contributed by atoms with Crippen LogP contribution in [0.5, 0.6) is 0 Å². The highest BCUT2D eigenvalue weighted by molar-refractivity contribution is 7.20. The highest BCUT2D eigenvalue weighted by Crippen LogP contribution is 2.32. The van der Waals surface area contributed by atoms with Gasteiger partial charge in [0.05, 0.1) is 15.6 Å². The summed E-state index contributed by atoms with van der Waals surface area (Å²) < 4.78 is 0.665. The summed E-state index contributed by atoms with van der Waals surface area (Å²) in [5, 5.41) is 13.0. The average Bonchev–Trinajstić information content (AvgIpc) is 2.85. The number of thiophene rings is 2. The number of aromatic carboxylic acids is 1. The lowest BCUT2D eigenvalue weighted by atomic mass is 10.3. The van der Waals surface area contributed by atoms with Crippen molar-refractivity contribution in [2.45, 2.75) is 0 Å². The fourth-order valence-corrected chi connectivity index (χ4v) is 3.40. The van der Waals surface area contributed by atoms with E-state index >= 15 is 0 Å². The molecule has 2 N–H and O–H groups in total. The van der Waals surface area contributed by atoms with Crippen molar-refractivity contribution in [3.8, 4) is 0 Å². The van der Waals surface area contributed by atoms with Crippen molar-refractivity contribution < 1.29 is 14.7 Å². The lowest BCUT2D eigenvalue weighted by Gasteiger charge is -2.03. The second-order valence-corrected chi connectivity index (χ2v) is 6.36. The summed E-state index contributed by atoms with van der Waals surface area (Å²) in [6.45, 7) is 0. The van der Waals surface area contributed by atoms with E-state index in [2.05, 4.69) is 5.32 Å². The molecule has 0 saturated carbocycles. The first-order chi connectivity index (χ1) is 8.49. The van der Waals surface area contributed by atoms with Crippen molar-refractivity contribution in [3.63, 3.8) is 0 Å². The summed E-state index contributed by atoms with van der Waals surface area (Å²) in [5.74, 6) is -1.57. The number of carbonyl (C=O) groups is 2. The Morgan fingerprint density at radius 2 is 2.06 bits per heavy atom. The third-order valence-corrected chi connectivity index (χ3v) is 4.40. The van der Waals surface area contributed by atoms with Crippen molar-refractivity contribution in [1.82, 2.24) is 0 Å². The van der Waals surface area contributed by atoms with Gasteiger partial charge in [0, 0.05) is 0 Å². The summed E-state index contributed by atoms with van der Waals surface area (Å²) in [4.78, 5) is 22.8. The molecule has 0 unspecified atom stereocenters. The van der Waals surface area contributed by atoms with Crippen LogP contribution in [0.4, 0.5) is 5.69 Å². The van der Waals surface area contributed by atoms with Gasteiger partial charge in [-0.15, -0.1) is 22.7 Å². The molecule has 94 valence electrons. The number of amides is 1.